The molecular weight excluding hydrogens is 356 g/mol. The number of amides is 2. The van der Waals surface area contributed by atoms with Crippen LogP contribution in [0.3, 0.4) is 0 Å². The van der Waals surface area contributed by atoms with E-state index < -0.39 is 5.92 Å². The molecule has 1 saturated heterocycles. The first-order valence-corrected chi connectivity index (χ1v) is 9.43. The number of hydrogen-bond acceptors (Lipinski definition) is 4. The van der Waals surface area contributed by atoms with Gasteiger partial charge in [0.1, 0.15) is 0 Å². The van der Waals surface area contributed by atoms with Crippen molar-refractivity contribution in [2.45, 2.75) is 26.7 Å². The van der Waals surface area contributed by atoms with Crippen LogP contribution in [-0.2, 0) is 14.3 Å². The Morgan fingerprint density at radius 3 is 2.61 bits per heavy atom. The summed E-state index contributed by atoms with van der Waals surface area (Å²) in [5.41, 5.74) is 2.90. The fourth-order valence-electron chi connectivity index (χ4n) is 3.14. The molecule has 6 nitrogen and oxygen atoms in total. The van der Waals surface area contributed by atoms with Crippen molar-refractivity contribution in [3.8, 4) is 0 Å². The first-order chi connectivity index (χ1) is 13.5. The van der Waals surface area contributed by atoms with E-state index in [1.54, 1.807) is 29.2 Å². The van der Waals surface area contributed by atoms with E-state index in [2.05, 4.69) is 5.32 Å². The zero-order chi connectivity index (χ0) is 20.1. The number of hydrogen-bond donors (Lipinski definition) is 1. The van der Waals surface area contributed by atoms with Gasteiger partial charge in [0, 0.05) is 24.3 Å². The highest BCUT2D eigenvalue weighted by molar-refractivity contribution is 6.03. The van der Waals surface area contributed by atoms with E-state index in [1.807, 2.05) is 38.1 Å². The van der Waals surface area contributed by atoms with Gasteiger partial charge in [0.15, 0.2) is 0 Å². The van der Waals surface area contributed by atoms with Gasteiger partial charge in [0.25, 0.3) is 0 Å². The van der Waals surface area contributed by atoms with Gasteiger partial charge in [0.2, 0.25) is 11.8 Å². The highest BCUT2D eigenvalue weighted by Gasteiger charge is 2.35. The molecule has 0 spiro atoms. The van der Waals surface area contributed by atoms with E-state index in [4.69, 9.17) is 4.74 Å². The summed E-state index contributed by atoms with van der Waals surface area (Å²) >= 11 is 0. The molecule has 3 rings (SSSR count). The van der Waals surface area contributed by atoms with Crippen molar-refractivity contribution in [3.05, 3.63) is 59.7 Å². The number of nitrogens with one attached hydrogen (secondary N) is 1. The molecule has 2 aromatic rings. The van der Waals surface area contributed by atoms with E-state index in [9.17, 15) is 14.4 Å². The van der Waals surface area contributed by atoms with Gasteiger partial charge in [-0.2, -0.15) is 0 Å². The second-order valence-electron chi connectivity index (χ2n) is 6.95. The number of rotatable bonds is 6. The minimum Gasteiger partial charge on any atom is -0.462 e. The van der Waals surface area contributed by atoms with Crippen molar-refractivity contribution in [1.29, 1.82) is 0 Å². The van der Waals surface area contributed by atoms with Gasteiger partial charge in [-0.25, -0.2) is 4.79 Å². The zero-order valence-electron chi connectivity index (χ0n) is 16.1. The molecule has 1 aliphatic heterocycles. The summed E-state index contributed by atoms with van der Waals surface area (Å²) < 4.78 is 5.08. The van der Waals surface area contributed by atoms with Crippen molar-refractivity contribution >= 4 is 29.2 Å². The van der Waals surface area contributed by atoms with Crippen molar-refractivity contribution in [2.75, 3.05) is 23.4 Å². The Labute approximate surface area is 164 Å². The molecule has 28 heavy (non-hydrogen) atoms. The molecule has 146 valence electrons. The summed E-state index contributed by atoms with van der Waals surface area (Å²) in [6.07, 6.45) is 0.945. The largest absolute Gasteiger partial charge is 0.462 e. The second kappa shape index (κ2) is 8.69. The summed E-state index contributed by atoms with van der Waals surface area (Å²) in [5, 5.41) is 2.83. The third kappa shape index (κ3) is 4.57. The molecule has 0 saturated carbocycles. The third-order valence-electron chi connectivity index (χ3n) is 4.63. The topological polar surface area (TPSA) is 75.7 Å². The van der Waals surface area contributed by atoms with Crippen LogP contribution in [0.1, 0.15) is 35.7 Å². The number of carbonyl (C=O) groups excluding carboxylic acids is 3. The molecule has 2 amide bonds. The lowest BCUT2D eigenvalue weighted by molar-refractivity contribution is -0.122. The highest BCUT2D eigenvalue weighted by Crippen LogP contribution is 2.26. The predicted molar refractivity (Wildman–Crippen MR) is 107 cm³/mol. The van der Waals surface area contributed by atoms with Crippen LogP contribution in [-0.4, -0.2) is 30.9 Å². The molecule has 0 aromatic heterocycles. The molecule has 1 heterocycles. The Bertz CT molecular complexity index is 876. The standard InChI is InChI=1S/C22H24N2O4/c1-3-11-28-22(27)16-7-9-18(10-8-16)23-21(26)17-13-20(25)24(14-17)19-6-4-5-15(2)12-19/h4-10,12,17H,3,11,13-14H2,1-2H3,(H,23,26)/t17-/m1/s1. The molecule has 2 aromatic carbocycles. The zero-order valence-corrected chi connectivity index (χ0v) is 16.1. The van der Waals surface area contributed by atoms with Gasteiger partial charge in [-0.1, -0.05) is 19.1 Å². The Balaban J connectivity index is 1.61. The van der Waals surface area contributed by atoms with Crippen molar-refractivity contribution in [1.82, 2.24) is 0 Å². The Kier molecular flexibility index (Phi) is 6.09. The first-order valence-electron chi connectivity index (χ1n) is 9.43. The highest BCUT2D eigenvalue weighted by atomic mass is 16.5. The van der Waals surface area contributed by atoms with Gasteiger partial charge >= 0.3 is 5.97 Å². The Morgan fingerprint density at radius 2 is 1.93 bits per heavy atom. The molecule has 1 fully saturated rings. The number of ether oxygens (including phenoxy) is 1. The Hall–Kier alpha value is -3.15. The van der Waals surface area contributed by atoms with Crippen LogP contribution in [0.5, 0.6) is 0 Å². The predicted octanol–water partition coefficient (Wildman–Crippen LogP) is 3.55. The Morgan fingerprint density at radius 1 is 1.18 bits per heavy atom. The van der Waals surface area contributed by atoms with Crippen molar-refractivity contribution in [2.24, 2.45) is 5.92 Å². The molecule has 0 radical (unpaired) electrons. The molecule has 1 aliphatic rings. The lowest BCUT2D eigenvalue weighted by Gasteiger charge is -2.17. The van der Waals surface area contributed by atoms with Crippen molar-refractivity contribution < 1.29 is 19.1 Å². The molecule has 0 aliphatic carbocycles. The van der Waals surface area contributed by atoms with Crippen LogP contribution >= 0.6 is 0 Å². The fourth-order valence-corrected chi connectivity index (χ4v) is 3.14. The van der Waals surface area contributed by atoms with Gasteiger partial charge in [-0.15, -0.1) is 0 Å². The average Bonchev–Trinajstić information content (AvgIpc) is 3.08. The average molecular weight is 380 g/mol. The summed E-state index contributed by atoms with van der Waals surface area (Å²) in [4.78, 5) is 38.4. The molecule has 0 unspecified atom stereocenters. The summed E-state index contributed by atoms with van der Waals surface area (Å²) in [6.45, 7) is 4.63. The van der Waals surface area contributed by atoms with Crippen LogP contribution in [0.4, 0.5) is 11.4 Å². The van der Waals surface area contributed by atoms with Gasteiger partial charge in [-0.3, -0.25) is 9.59 Å². The molecular formula is C22H24N2O4. The minimum absolute atomic E-state index is 0.0558. The van der Waals surface area contributed by atoms with E-state index in [0.717, 1.165) is 17.7 Å². The van der Waals surface area contributed by atoms with E-state index >= 15 is 0 Å². The normalized spacial score (nSPS) is 16.1. The molecule has 1 N–H and O–H groups in total. The smallest absolute Gasteiger partial charge is 0.338 e. The van der Waals surface area contributed by atoms with E-state index in [-0.39, 0.29) is 24.2 Å². The van der Waals surface area contributed by atoms with Crippen LogP contribution in [0.15, 0.2) is 48.5 Å². The molecule has 6 heteroatoms. The maximum atomic E-state index is 12.6. The number of aryl methyl sites for hydroxylation is 1. The SMILES string of the molecule is CCCOC(=O)c1ccc(NC(=O)[C@@H]2CC(=O)N(c3cccc(C)c3)C2)cc1. The maximum Gasteiger partial charge on any atom is 0.338 e. The number of nitrogens with zero attached hydrogens (tertiary/aromatic N) is 1. The number of esters is 1. The monoisotopic (exact) mass is 380 g/mol. The second-order valence-corrected chi connectivity index (χ2v) is 6.95. The molecule has 1 atom stereocenters. The maximum absolute atomic E-state index is 12.6. The van der Waals surface area contributed by atoms with Gasteiger partial charge < -0.3 is 15.0 Å². The number of carbonyl (C=O) groups is 3. The van der Waals surface area contributed by atoms with Crippen LogP contribution in [0, 0.1) is 12.8 Å². The van der Waals surface area contributed by atoms with Crippen LogP contribution < -0.4 is 10.2 Å². The van der Waals surface area contributed by atoms with Crippen LogP contribution in [0.25, 0.3) is 0 Å². The quantitative estimate of drug-likeness (QED) is 0.778. The number of anilines is 2. The van der Waals surface area contributed by atoms with Gasteiger partial charge in [0.05, 0.1) is 18.1 Å². The van der Waals surface area contributed by atoms with Gasteiger partial charge in [-0.05, 0) is 55.3 Å². The third-order valence-corrected chi connectivity index (χ3v) is 4.63. The summed E-state index contributed by atoms with van der Waals surface area (Å²) in [7, 11) is 0. The fraction of sp³-hybridized carbons (Fsp3) is 0.318. The van der Waals surface area contributed by atoms with Crippen LogP contribution in [0.2, 0.25) is 0 Å². The summed E-state index contributed by atoms with van der Waals surface area (Å²) in [5.74, 6) is -1.05. The van der Waals surface area contributed by atoms with E-state index in [1.165, 1.54) is 0 Å². The number of benzene rings is 2. The van der Waals surface area contributed by atoms with Crippen molar-refractivity contribution in [3.63, 3.8) is 0 Å². The molecule has 0 bridgehead atoms. The lowest BCUT2D eigenvalue weighted by Crippen LogP contribution is -2.28. The summed E-state index contributed by atoms with van der Waals surface area (Å²) in [6, 6.07) is 14.2. The minimum atomic E-state index is -0.415. The first kappa shape index (κ1) is 19.6. The lowest BCUT2D eigenvalue weighted by atomic mass is 10.1. The van der Waals surface area contributed by atoms with E-state index in [0.29, 0.717) is 24.4 Å².